The Morgan fingerprint density at radius 2 is 1.71 bits per heavy atom. The number of aliphatic hydroxyl groups is 3. The van der Waals surface area contributed by atoms with E-state index in [1.165, 1.54) is 7.11 Å². The molecule has 9 nitrogen and oxygen atoms in total. The molecule has 2 aromatic rings. The Balaban J connectivity index is 1.81. The summed E-state index contributed by atoms with van der Waals surface area (Å²) in [5.74, 6) is -4.68. The van der Waals surface area contributed by atoms with Gasteiger partial charge >= 0.3 is 0 Å². The summed E-state index contributed by atoms with van der Waals surface area (Å²) < 4.78 is 5.75. The van der Waals surface area contributed by atoms with E-state index < -0.39 is 57.9 Å². The molecule has 200 valence electrons. The Bertz CT molecular complexity index is 1490. The van der Waals surface area contributed by atoms with Gasteiger partial charge in [0, 0.05) is 42.0 Å². The van der Waals surface area contributed by atoms with Crippen molar-refractivity contribution in [2.45, 2.75) is 31.4 Å². The molecule has 4 atom stereocenters. The lowest BCUT2D eigenvalue weighted by Crippen LogP contribution is -2.63. The van der Waals surface area contributed by atoms with Gasteiger partial charge in [0.15, 0.2) is 17.2 Å². The molecule has 9 heteroatoms. The molecule has 5 rings (SSSR count). The molecule has 0 unspecified atom stereocenters. The van der Waals surface area contributed by atoms with Crippen LogP contribution in [0.5, 0.6) is 5.75 Å². The number of allylic oxidation sites excluding steroid dienone is 1. The molecule has 0 radical (unpaired) electrons. The average Bonchev–Trinajstić information content (AvgIpc) is 2.84. The number of ketones is 3. The van der Waals surface area contributed by atoms with Gasteiger partial charge in [-0.3, -0.25) is 19.3 Å². The number of methoxy groups -OCH3 is 1. The van der Waals surface area contributed by atoms with Gasteiger partial charge in [0.25, 0.3) is 0 Å². The summed E-state index contributed by atoms with van der Waals surface area (Å²) in [6, 6.07) is 6.67. The van der Waals surface area contributed by atoms with Gasteiger partial charge in [0.1, 0.15) is 22.8 Å². The van der Waals surface area contributed by atoms with Gasteiger partial charge in [-0.05, 0) is 45.3 Å². The molecule has 0 aromatic heterocycles. The molecule has 0 fully saturated rings. The molecule has 0 heterocycles. The molecule has 3 aliphatic carbocycles. The number of hydrogen-bond donors (Lipinski definition) is 3. The highest BCUT2D eigenvalue weighted by Gasteiger charge is 2.63. The number of ether oxygens (including phenoxy) is 1. The predicted molar refractivity (Wildman–Crippen MR) is 142 cm³/mol. The van der Waals surface area contributed by atoms with Crippen molar-refractivity contribution in [1.82, 2.24) is 4.90 Å². The zero-order valence-corrected chi connectivity index (χ0v) is 22.3. The highest BCUT2D eigenvalue weighted by atomic mass is 16.5. The first-order valence-corrected chi connectivity index (χ1v) is 12.5. The van der Waals surface area contributed by atoms with Gasteiger partial charge in [-0.25, -0.2) is 0 Å². The molecule has 3 N–H and O–H groups in total. The number of carbonyl (C=O) groups is 3. The number of fused-ring (bicyclic) bond motifs is 4. The standard InChI is InChI=1S/C29H32N2O7/c1-13(32)19-25(34)23(31(4)5)18-12-14-11-17-21(24(33)20(14)28(36)29(18,37)27(19)35)26(38-6)16-10-8-7-9-15(16)22(17)30(2)3/h7-10,14,18,23,34,36-37H,11-12H2,1-6H3/t14-,18-,23-,29+/m0/s1. The van der Waals surface area contributed by atoms with Gasteiger partial charge < -0.3 is 25.0 Å². The van der Waals surface area contributed by atoms with E-state index in [9.17, 15) is 29.7 Å². The SMILES string of the molecule is COc1c2c(c(N(C)C)c3ccccc13)C[C@H]1C[C@H]3[C@H](N(C)C)C(O)=C(C(C)=O)C(=O)[C@@]3(O)C(O)=C1C2=O. The summed E-state index contributed by atoms with van der Waals surface area (Å²) in [6.45, 7) is 1.12. The molecule has 0 bridgehead atoms. The van der Waals surface area contributed by atoms with Crippen LogP contribution in [-0.4, -0.2) is 84.5 Å². The van der Waals surface area contributed by atoms with Crippen LogP contribution < -0.4 is 9.64 Å². The van der Waals surface area contributed by atoms with Crippen molar-refractivity contribution in [2.75, 3.05) is 40.2 Å². The van der Waals surface area contributed by atoms with Crippen LogP contribution in [0.2, 0.25) is 0 Å². The molecule has 2 aromatic carbocycles. The lowest BCUT2D eigenvalue weighted by Gasteiger charge is -2.50. The Kier molecular flexibility index (Phi) is 5.92. The van der Waals surface area contributed by atoms with Crippen LogP contribution in [0.1, 0.15) is 29.3 Å². The van der Waals surface area contributed by atoms with Crippen LogP contribution in [0.15, 0.2) is 46.9 Å². The number of Topliss-reactive ketones (excluding diaryl/α,β-unsaturated/α-hetero) is 3. The van der Waals surface area contributed by atoms with Crippen LogP contribution in [0.25, 0.3) is 10.8 Å². The number of anilines is 1. The maximum absolute atomic E-state index is 14.2. The van der Waals surface area contributed by atoms with Crippen LogP contribution in [0.4, 0.5) is 5.69 Å². The van der Waals surface area contributed by atoms with Gasteiger partial charge in [-0.1, -0.05) is 24.3 Å². The highest BCUT2D eigenvalue weighted by Crippen LogP contribution is 2.54. The largest absolute Gasteiger partial charge is 0.510 e. The number of nitrogens with zero attached hydrogens (tertiary/aromatic N) is 2. The van der Waals surface area contributed by atoms with Gasteiger partial charge in [0.05, 0.1) is 18.7 Å². The Morgan fingerprint density at radius 3 is 2.26 bits per heavy atom. The number of benzene rings is 2. The Hall–Kier alpha value is -3.69. The second kappa shape index (κ2) is 8.68. The molecule has 0 amide bonds. The fourth-order valence-electron chi connectivity index (χ4n) is 6.85. The summed E-state index contributed by atoms with van der Waals surface area (Å²) in [5.41, 5.74) is -1.24. The third-order valence-corrected chi connectivity index (χ3v) is 8.31. The van der Waals surface area contributed by atoms with Crippen molar-refractivity contribution in [2.24, 2.45) is 11.8 Å². The maximum Gasteiger partial charge on any atom is 0.209 e. The van der Waals surface area contributed by atoms with Crippen LogP contribution in [0, 0.1) is 11.8 Å². The Morgan fingerprint density at radius 1 is 1.08 bits per heavy atom. The number of likely N-dealkylation sites (N-methyl/N-ethyl adjacent to an activating group) is 1. The summed E-state index contributed by atoms with van der Waals surface area (Å²) in [6.07, 6.45) is 0.479. The van der Waals surface area contributed by atoms with E-state index in [0.29, 0.717) is 12.2 Å². The minimum atomic E-state index is -2.53. The summed E-state index contributed by atoms with van der Waals surface area (Å²) >= 11 is 0. The maximum atomic E-state index is 14.2. The fourth-order valence-corrected chi connectivity index (χ4v) is 6.85. The first kappa shape index (κ1) is 25.9. The van der Waals surface area contributed by atoms with Crippen molar-refractivity contribution >= 4 is 33.8 Å². The molecule has 0 saturated carbocycles. The number of rotatable bonds is 4. The van der Waals surface area contributed by atoms with Crippen molar-refractivity contribution < 1.29 is 34.4 Å². The van der Waals surface area contributed by atoms with E-state index in [1.54, 1.807) is 19.0 Å². The monoisotopic (exact) mass is 520 g/mol. The van der Waals surface area contributed by atoms with E-state index in [0.717, 1.165) is 28.9 Å². The molecular formula is C29H32N2O7. The minimum Gasteiger partial charge on any atom is -0.510 e. The van der Waals surface area contributed by atoms with Crippen LogP contribution in [0.3, 0.4) is 0 Å². The van der Waals surface area contributed by atoms with E-state index in [4.69, 9.17) is 4.74 Å². The zero-order chi connectivity index (χ0) is 27.8. The zero-order valence-electron chi connectivity index (χ0n) is 22.3. The van der Waals surface area contributed by atoms with Crippen molar-refractivity contribution in [1.29, 1.82) is 0 Å². The molecule has 38 heavy (non-hydrogen) atoms. The van der Waals surface area contributed by atoms with Crippen molar-refractivity contribution in [3.8, 4) is 5.75 Å². The lowest BCUT2D eigenvalue weighted by molar-refractivity contribution is -0.148. The van der Waals surface area contributed by atoms with E-state index in [-0.39, 0.29) is 17.6 Å². The molecule has 0 aliphatic heterocycles. The smallest absolute Gasteiger partial charge is 0.209 e. The van der Waals surface area contributed by atoms with Gasteiger partial charge in [0.2, 0.25) is 5.78 Å². The average molecular weight is 521 g/mol. The molecule has 3 aliphatic rings. The minimum absolute atomic E-state index is 0.0512. The molecule has 0 spiro atoms. The fraction of sp³-hybridized carbons (Fsp3) is 0.414. The topological polar surface area (TPSA) is 128 Å². The van der Waals surface area contributed by atoms with E-state index in [1.807, 2.05) is 43.3 Å². The van der Waals surface area contributed by atoms with Crippen molar-refractivity contribution in [3.05, 3.63) is 58.1 Å². The lowest BCUT2D eigenvalue weighted by atomic mass is 9.58. The van der Waals surface area contributed by atoms with Gasteiger partial charge in [-0.2, -0.15) is 0 Å². The van der Waals surface area contributed by atoms with E-state index in [2.05, 4.69) is 0 Å². The van der Waals surface area contributed by atoms with Crippen molar-refractivity contribution in [3.63, 3.8) is 0 Å². The summed E-state index contributed by atoms with van der Waals surface area (Å²) in [5, 5.41) is 36.1. The first-order valence-electron chi connectivity index (χ1n) is 12.5. The van der Waals surface area contributed by atoms with Crippen LogP contribution >= 0.6 is 0 Å². The second-order valence-electron chi connectivity index (χ2n) is 10.8. The van der Waals surface area contributed by atoms with Crippen LogP contribution in [-0.2, 0) is 16.0 Å². The first-order chi connectivity index (χ1) is 17.9. The third kappa shape index (κ3) is 3.21. The number of hydrogen-bond acceptors (Lipinski definition) is 9. The quantitative estimate of drug-likeness (QED) is 0.522. The molecular weight excluding hydrogens is 488 g/mol. The second-order valence-corrected chi connectivity index (χ2v) is 10.8. The highest BCUT2D eigenvalue weighted by molar-refractivity contribution is 6.25. The number of aliphatic hydroxyl groups excluding tert-OH is 2. The number of carbonyl (C=O) groups excluding carboxylic acids is 3. The Labute approximate surface area is 220 Å². The summed E-state index contributed by atoms with van der Waals surface area (Å²) in [7, 11) is 8.60. The third-order valence-electron chi connectivity index (χ3n) is 8.31. The molecule has 0 saturated heterocycles. The van der Waals surface area contributed by atoms with E-state index >= 15 is 0 Å². The summed E-state index contributed by atoms with van der Waals surface area (Å²) in [4.78, 5) is 43.7. The predicted octanol–water partition coefficient (Wildman–Crippen LogP) is 2.75. The normalized spacial score (nSPS) is 26.9. The van der Waals surface area contributed by atoms with Gasteiger partial charge in [-0.15, -0.1) is 0 Å².